The fourth-order valence-corrected chi connectivity index (χ4v) is 3.31. The maximum absolute atomic E-state index is 9.50. The lowest BCUT2D eigenvalue weighted by Gasteiger charge is -2.33. The number of aliphatic hydroxyl groups excluding tert-OH is 1. The molecule has 0 spiro atoms. The fourth-order valence-electron chi connectivity index (χ4n) is 2.11. The highest BCUT2D eigenvalue weighted by atomic mass is 32.2. The molecule has 2 N–H and O–H groups in total. The third-order valence-electron chi connectivity index (χ3n) is 3.03. The van der Waals surface area contributed by atoms with E-state index in [2.05, 4.69) is 17.5 Å². The average molecular weight is 248 g/mol. The highest BCUT2D eigenvalue weighted by Crippen LogP contribution is 2.39. The molecule has 1 aromatic carbocycles. The first kappa shape index (κ1) is 12.4. The lowest BCUT2D eigenvalue weighted by atomic mass is 9.88. The lowest BCUT2D eigenvalue weighted by molar-refractivity contribution is 0.276. The van der Waals surface area contributed by atoms with Crippen LogP contribution < -0.4 is 5.32 Å². The topological polar surface area (TPSA) is 56.0 Å². The van der Waals surface area contributed by atoms with Gasteiger partial charge in [0.2, 0.25) is 0 Å². The Morgan fingerprint density at radius 1 is 1.47 bits per heavy atom. The molecule has 0 bridgehead atoms. The number of nitriles is 1. The first-order valence-electron chi connectivity index (χ1n) is 5.82. The van der Waals surface area contributed by atoms with Crippen molar-refractivity contribution in [1.82, 2.24) is 5.32 Å². The Bertz CT molecular complexity index is 430. The van der Waals surface area contributed by atoms with Gasteiger partial charge in [0.05, 0.1) is 6.07 Å². The van der Waals surface area contributed by atoms with Crippen LogP contribution in [0.4, 0.5) is 0 Å². The first-order chi connectivity index (χ1) is 8.32. The van der Waals surface area contributed by atoms with E-state index in [0.717, 1.165) is 17.7 Å². The number of fused-ring (bicyclic) bond motifs is 1. The van der Waals surface area contributed by atoms with Gasteiger partial charge in [-0.05, 0) is 31.0 Å². The number of rotatable bonds is 4. The van der Waals surface area contributed by atoms with E-state index in [1.54, 1.807) is 11.8 Å². The molecule has 17 heavy (non-hydrogen) atoms. The zero-order valence-electron chi connectivity index (χ0n) is 9.65. The summed E-state index contributed by atoms with van der Waals surface area (Å²) in [6, 6.07) is 10.5. The molecule has 1 aliphatic heterocycles. The summed E-state index contributed by atoms with van der Waals surface area (Å²) in [6.45, 7) is 0.827. The molecule has 0 saturated carbocycles. The van der Waals surface area contributed by atoms with E-state index >= 15 is 0 Å². The molecule has 0 aromatic heterocycles. The van der Waals surface area contributed by atoms with Gasteiger partial charge in [-0.2, -0.15) is 5.26 Å². The summed E-state index contributed by atoms with van der Waals surface area (Å²) >= 11 is 1.81. The third-order valence-corrected chi connectivity index (χ3v) is 4.11. The van der Waals surface area contributed by atoms with Gasteiger partial charge >= 0.3 is 0 Å². The van der Waals surface area contributed by atoms with E-state index < -0.39 is 5.54 Å². The van der Waals surface area contributed by atoms with Crippen molar-refractivity contribution in [3.05, 3.63) is 29.8 Å². The molecule has 4 heteroatoms. The highest BCUT2D eigenvalue weighted by Gasteiger charge is 2.36. The van der Waals surface area contributed by atoms with Gasteiger partial charge in [0, 0.05) is 17.3 Å². The fraction of sp³-hybridized carbons (Fsp3) is 0.462. The zero-order chi connectivity index (χ0) is 12.1. The number of hydrogen-bond acceptors (Lipinski definition) is 4. The summed E-state index contributed by atoms with van der Waals surface area (Å²) in [7, 11) is 0. The third kappa shape index (κ3) is 2.47. The average Bonchev–Trinajstić information content (AvgIpc) is 2.39. The van der Waals surface area contributed by atoms with Crippen LogP contribution in [0.1, 0.15) is 18.4 Å². The normalized spacial score (nSPS) is 22.8. The van der Waals surface area contributed by atoms with Gasteiger partial charge in [0.1, 0.15) is 5.54 Å². The van der Waals surface area contributed by atoms with E-state index in [-0.39, 0.29) is 6.61 Å². The van der Waals surface area contributed by atoms with Gasteiger partial charge < -0.3 is 5.11 Å². The SMILES string of the molecule is N#CC1(NCCCO)CCSc2ccccc21. The number of aliphatic hydroxyl groups is 1. The largest absolute Gasteiger partial charge is 0.396 e. The van der Waals surface area contributed by atoms with Gasteiger partial charge in [-0.1, -0.05) is 18.2 Å². The molecule has 90 valence electrons. The molecule has 0 aliphatic carbocycles. The van der Waals surface area contributed by atoms with E-state index in [1.165, 1.54) is 4.90 Å². The van der Waals surface area contributed by atoms with Gasteiger partial charge in [-0.15, -0.1) is 11.8 Å². The predicted octanol–water partition coefficient (Wildman–Crippen LogP) is 1.87. The van der Waals surface area contributed by atoms with E-state index in [0.29, 0.717) is 13.0 Å². The molecule has 0 saturated heterocycles. The van der Waals surface area contributed by atoms with Crippen LogP contribution in [-0.2, 0) is 5.54 Å². The molecule has 1 aromatic rings. The van der Waals surface area contributed by atoms with Crippen molar-refractivity contribution in [2.75, 3.05) is 18.9 Å². The molecule has 3 nitrogen and oxygen atoms in total. The minimum Gasteiger partial charge on any atom is -0.396 e. The van der Waals surface area contributed by atoms with Gasteiger partial charge in [-0.25, -0.2) is 0 Å². The summed E-state index contributed by atoms with van der Waals surface area (Å²) in [5.41, 5.74) is 0.508. The molecule has 1 aliphatic rings. The summed E-state index contributed by atoms with van der Waals surface area (Å²) < 4.78 is 0. The minimum atomic E-state index is -0.572. The van der Waals surface area contributed by atoms with E-state index in [4.69, 9.17) is 5.11 Å². The molecule has 0 amide bonds. The van der Waals surface area contributed by atoms with Crippen LogP contribution in [0, 0.1) is 11.3 Å². The van der Waals surface area contributed by atoms with E-state index in [1.807, 2.05) is 18.2 Å². The molecule has 1 unspecified atom stereocenters. The van der Waals surface area contributed by atoms with Crippen molar-refractivity contribution < 1.29 is 5.11 Å². The van der Waals surface area contributed by atoms with E-state index in [9.17, 15) is 5.26 Å². The maximum Gasteiger partial charge on any atom is 0.134 e. The Kier molecular flexibility index (Phi) is 4.06. The monoisotopic (exact) mass is 248 g/mol. The lowest BCUT2D eigenvalue weighted by Crippen LogP contribution is -2.44. The standard InChI is InChI=1S/C13H16N2OS/c14-10-13(15-7-3-8-16)6-9-17-12-5-2-1-4-11(12)13/h1-2,4-5,15-16H,3,6-9H2. The molecule has 1 atom stereocenters. The van der Waals surface area contributed by atoms with Crippen LogP contribution >= 0.6 is 11.8 Å². The Morgan fingerprint density at radius 3 is 3.06 bits per heavy atom. The number of benzene rings is 1. The summed E-state index contributed by atoms with van der Waals surface area (Å²) in [4.78, 5) is 1.19. The maximum atomic E-state index is 9.50. The van der Waals surface area contributed by atoms with Crippen LogP contribution in [-0.4, -0.2) is 24.0 Å². The second-order valence-corrected chi connectivity index (χ2v) is 5.25. The highest BCUT2D eigenvalue weighted by molar-refractivity contribution is 7.99. The Labute approximate surface area is 106 Å². The van der Waals surface area contributed by atoms with Crippen molar-refractivity contribution in [3.63, 3.8) is 0 Å². The second kappa shape index (κ2) is 5.54. The molecule has 0 fully saturated rings. The summed E-state index contributed by atoms with van der Waals surface area (Å²) in [5.74, 6) is 0.955. The zero-order valence-corrected chi connectivity index (χ0v) is 10.5. The summed E-state index contributed by atoms with van der Waals surface area (Å²) in [5, 5.41) is 21.6. The van der Waals surface area contributed by atoms with Gasteiger partial charge in [0.25, 0.3) is 0 Å². The number of nitrogens with zero attached hydrogens (tertiary/aromatic N) is 1. The molecule has 0 radical (unpaired) electrons. The van der Waals surface area contributed by atoms with Crippen LogP contribution in [0.2, 0.25) is 0 Å². The smallest absolute Gasteiger partial charge is 0.134 e. The quantitative estimate of drug-likeness (QED) is 0.799. The molecular formula is C13H16N2OS. The van der Waals surface area contributed by atoms with Crippen LogP contribution in [0.5, 0.6) is 0 Å². The predicted molar refractivity (Wildman–Crippen MR) is 68.8 cm³/mol. The van der Waals surface area contributed by atoms with Crippen molar-refractivity contribution in [1.29, 1.82) is 5.26 Å². The van der Waals surface area contributed by atoms with Crippen molar-refractivity contribution >= 4 is 11.8 Å². The van der Waals surface area contributed by atoms with Crippen LogP contribution in [0.25, 0.3) is 0 Å². The van der Waals surface area contributed by atoms with Gasteiger partial charge in [0.15, 0.2) is 0 Å². The van der Waals surface area contributed by atoms with Crippen LogP contribution in [0.15, 0.2) is 29.2 Å². The summed E-state index contributed by atoms with van der Waals surface area (Å²) in [6.07, 6.45) is 1.50. The van der Waals surface area contributed by atoms with Crippen molar-refractivity contribution in [2.24, 2.45) is 0 Å². The van der Waals surface area contributed by atoms with Crippen LogP contribution in [0.3, 0.4) is 0 Å². The second-order valence-electron chi connectivity index (χ2n) is 4.12. The molecular weight excluding hydrogens is 232 g/mol. The van der Waals surface area contributed by atoms with Crippen molar-refractivity contribution in [2.45, 2.75) is 23.3 Å². The van der Waals surface area contributed by atoms with Crippen molar-refractivity contribution in [3.8, 4) is 6.07 Å². The molecule has 2 rings (SSSR count). The Balaban J connectivity index is 2.27. The number of nitrogens with one attached hydrogen (secondary N) is 1. The van der Waals surface area contributed by atoms with Gasteiger partial charge in [-0.3, -0.25) is 5.32 Å². The Hall–Kier alpha value is -1.02. The number of thioether (sulfide) groups is 1. The first-order valence-corrected chi connectivity index (χ1v) is 6.80. The minimum absolute atomic E-state index is 0.158. The number of hydrogen-bond donors (Lipinski definition) is 2. The Morgan fingerprint density at radius 2 is 2.29 bits per heavy atom. The molecule has 1 heterocycles.